The van der Waals surface area contributed by atoms with Crippen molar-refractivity contribution in [3.8, 4) is 0 Å². The number of carbonyl (C=O) groups excluding carboxylic acids is 2. The second-order valence-corrected chi connectivity index (χ2v) is 11.1. The van der Waals surface area contributed by atoms with Crippen LogP contribution in [0.3, 0.4) is 0 Å². The van der Waals surface area contributed by atoms with E-state index in [1.807, 2.05) is 48.5 Å². The van der Waals surface area contributed by atoms with Crippen molar-refractivity contribution in [3.63, 3.8) is 0 Å². The molecule has 196 valence electrons. The van der Waals surface area contributed by atoms with Crippen LogP contribution in [-0.4, -0.2) is 60.0 Å². The number of rotatable bonds is 10. The summed E-state index contributed by atoms with van der Waals surface area (Å²) in [6.45, 7) is 14.6. The van der Waals surface area contributed by atoms with Crippen molar-refractivity contribution in [1.82, 2.24) is 15.5 Å². The minimum absolute atomic E-state index is 0.0495. The Morgan fingerprint density at radius 1 is 1.09 bits per heavy atom. The van der Waals surface area contributed by atoms with Gasteiger partial charge in [0.25, 0.3) is 0 Å². The van der Waals surface area contributed by atoms with E-state index in [0.29, 0.717) is 5.56 Å². The van der Waals surface area contributed by atoms with Crippen LogP contribution in [0.4, 0.5) is 4.39 Å². The van der Waals surface area contributed by atoms with Gasteiger partial charge in [-0.05, 0) is 43.0 Å². The van der Waals surface area contributed by atoms with Crippen LogP contribution in [0.1, 0.15) is 61.0 Å². The molecular formula is C27H42FN3O4. The average Bonchev–Trinajstić information content (AvgIpc) is 2.73. The molecule has 0 aliphatic carbocycles. The van der Waals surface area contributed by atoms with Gasteiger partial charge in [0.1, 0.15) is 11.9 Å². The van der Waals surface area contributed by atoms with Crippen molar-refractivity contribution in [2.75, 3.05) is 14.1 Å². The van der Waals surface area contributed by atoms with Gasteiger partial charge in [0, 0.05) is 18.0 Å². The molecule has 0 bridgehead atoms. The normalized spacial score (nSPS) is 15.4. The summed E-state index contributed by atoms with van der Waals surface area (Å²) in [7, 11) is 3.27. The van der Waals surface area contributed by atoms with Gasteiger partial charge in [0.2, 0.25) is 11.8 Å². The van der Waals surface area contributed by atoms with Crippen molar-refractivity contribution >= 4 is 17.8 Å². The van der Waals surface area contributed by atoms with Gasteiger partial charge >= 0.3 is 5.97 Å². The summed E-state index contributed by atoms with van der Waals surface area (Å²) < 4.78 is 13.9. The van der Waals surface area contributed by atoms with E-state index in [4.69, 9.17) is 0 Å². The van der Waals surface area contributed by atoms with E-state index in [-0.39, 0.29) is 29.1 Å². The fraction of sp³-hybridized carbons (Fsp3) is 0.593. The summed E-state index contributed by atoms with van der Waals surface area (Å²) in [5.74, 6) is -2.20. The number of hydrogen-bond acceptors (Lipinski definition) is 4. The molecule has 35 heavy (non-hydrogen) atoms. The number of aliphatic carboxylic acids is 1. The fourth-order valence-corrected chi connectivity index (χ4v) is 4.18. The highest BCUT2D eigenvalue weighted by molar-refractivity contribution is 5.91. The average molecular weight is 492 g/mol. The maximum absolute atomic E-state index is 13.9. The van der Waals surface area contributed by atoms with E-state index in [1.54, 1.807) is 32.3 Å². The Morgan fingerprint density at radius 3 is 2.09 bits per heavy atom. The molecule has 0 heterocycles. The molecule has 1 aromatic carbocycles. The van der Waals surface area contributed by atoms with Crippen molar-refractivity contribution in [2.24, 2.45) is 11.3 Å². The predicted octanol–water partition coefficient (Wildman–Crippen LogP) is 3.74. The first-order valence-electron chi connectivity index (χ1n) is 11.9. The number of carboxylic acids is 1. The second kappa shape index (κ2) is 11.8. The van der Waals surface area contributed by atoms with Crippen molar-refractivity contribution in [1.29, 1.82) is 0 Å². The first-order valence-corrected chi connectivity index (χ1v) is 11.9. The van der Waals surface area contributed by atoms with Gasteiger partial charge in [0.15, 0.2) is 0 Å². The van der Waals surface area contributed by atoms with Crippen LogP contribution in [0.5, 0.6) is 0 Å². The molecule has 0 saturated heterocycles. The number of carboxylic acid groups (broad SMARTS) is 1. The van der Waals surface area contributed by atoms with E-state index in [0.717, 1.165) is 0 Å². The number of likely N-dealkylation sites (N-methyl/N-ethyl adjacent to an activating group) is 2. The Balaban J connectivity index is 3.32. The standard InChI is InChI=1S/C27H42FN3O4/c1-16(2)20(14-17(3)25(34)35)31(10)24(33)22(26(4,5)6)30-23(32)21(29-9)27(7,8)18-12-11-13-19(28)15-18/h11-16,20-22,29H,1-10H3,(H,30,32)(H,34,35)/b17-14+/t20-,21-,22?/m1/s1. The van der Waals surface area contributed by atoms with E-state index >= 15 is 0 Å². The summed E-state index contributed by atoms with van der Waals surface area (Å²) in [5.41, 5.74) is -0.612. The molecule has 0 saturated carbocycles. The second-order valence-electron chi connectivity index (χ2n) is 11.1. The number of amides is 2. The van der Waals surface area contributed by atoms with Gasteiger partial charge < -0.3 is 20.6 Å². The molecule has 7 nitrogen and oxygen atoms in total. The molecular weight excluding hydrogens is 449 g/mol. The van der Waals surface area contributed by atoms with Gasteiger partial charge in [-0.25, -0.2) is 9.18 Å². The van der Waals surface area contributed by atoms with Crippen LogP contribution >= 0.6 is 0 Å². The third-order valence-corrected chi connectivity index (χ3v) is 6.48. The molecule has 0 aliphatic heterocycles. The minimum atomic E-state index is -1.05. The number of hydrogen-bond donors (Lipinski definition) is 3. The topological polar surface area (TPSA) is 98.7 Å². The summed E-state index contributed by atoms with van der Waals surface area (Å²) in [6.07, 6.45) is 1.57. The Hall–Kier alpha value is -2.74. The Kier molecular flexibility index (Phi) is 10.2. The van der Waals surface area contributed by atoms with Crippen LogP contribution in [0.15, 0.2) is 35.9 Å². The van der Waals surface area contributed by atoms with Gasteiger partial charge in [-0.1, -0.05) is 66.7 Å². The zero-order chi connectivity index (χ0) is 27.3. The summed E-state index contributed by atoms with van der Waals surface area (Å²) >= 11 is 0. The van der Waals surface area contributed by atoms with E-state index in [9.17, 15) is 23.9 Å². The Morgan fingerprint density at radius 2 is 1.66 bits per heavy atom. The minimum Gasteiger partial charge on any atom is -0.478 e. The highest BCUT2D eigenvalue weighted by atomic mass is 19.1. The zero-order valence-corrected chi connectivity index (χ0v) is 22.7. The van der Waals surface area contributed by atoms with Gasteiger partial charge in [-0.15, -0.1) is 0 Å². The monoisotopic (exact) mass is 491 g/mol. The molecule has 1 rings (SSSR count). The predicted molar refractivity (Wildman–Crippen MR) is 136 cm³/mol. The van der Waals surface area contributed by atoms with Gasteiger partial charge in [0.05, 0.1) is 12.1 Å². The molecule has 0 spiro atoms. The van der Waals surface area contributed by atoms with Crippen LogP contribution in [0.25, 0.3) is 0 Å². The lowest BCUT2D eigenvalue weighted by Gasteiger charge is -2.40. The lowest BCUT2D eigenvalue weighted by Crippen LogP contribution is -2.61. The first kappa shape index (κ1) is 30.3. The SMILES string of the molecule is CN[C@H](C(=O)NC(C(=O)N(C)[C@H](/C=C(\C)C(=O)O)C(C)C)C(C)(C)C)C(C)(C)c1cccc(F)c1. The Labute approximate surface area is 209 Å². The maximum Gasteiger partial charge on any atom is 0.331 e. The fourth-order valence-electron chi connectivity index (χ4n) is 4.18. The highest BCUT2D eigenvalue weighted by Gasteiger charge is 2.41. The third kappa shape index (κ3) is 7.62. The van der Waals surface area contributed by atoms with E-state index in [2.05, 4.69) is 10.6 Å². The number of nitrogens with zero attached hydrogens (tertiary/aromatic N) is 1. The quantitative estimate of drug-likeness (QED) is 0.433. The first-order chi connectivity index (χ1) is 15.9. The highest BCUT2D eigenvalue weighted by Crippen LogP contribution is 2.29. The van der Waals surface area contributed by atoms with E-state index in [1.165, 1.54) is 24.0 Å². The number of carbonyl (C=O) groups is 3. The third-order valence-electron chi connectivity index (χ3n) is 6.48. The van der Waals surface area contributed by atoms with Crippen molar-refractivity contribution in [3.05, 3.63) is 47.3 Å². The lowest BCUT2D eigenvalue weighted by molar-refractivity contribution is -0.141. The van der Waals surface area contributed by atoms with Crippen LogP contribution in [-0.2, 0) is 19.8 Å². The maximum atomic E-state index is 13.9. The zero-order valence-electron chi connectivity index (χ0n) is 22.7. The largest absolute Gasteiger partial charge is 0.478 e. The van der Waals surface area contributed by atoms with Crippen LogP contribution < -0.4 is 10.6 Å². The molecule has 8 heteroatoms. The molecule has 3 atom stereocenters. The van der Waals surface area contributed by atoms with Crippen LogP contribution in [0, 0.1) is 17.2 Å². The smallest absolute Gasteiger partial charge is 0.331 e. The van der Waals surface area contributed by atoms with Crippen molar-refractivity contribution < 1.29 is 23.9 Å². The summed E-state index contributed by atoms with van der Waals surface area (Å²) in [4.78, 5) is 40.0. The molecule has 3 N–H and O–H groups in total. The molecule has 0 aromatic heterocycles. The van der Waals surface area contributed by atoms with Crippen molar-refractivity contribution in [2.45, 2.75) is 78.9 Å². The summed E-state index contributed by atoms with van der Waals surface area (Å²) in [5, 5.41) is 15.3. The molecule has 1 aromatic rings. The Bertz CT molecular complexity index is 950. The molecule has 0 fully saturated rings. The van der Waals surface area contributed by atoms with Gasteiger partial charge in [-0.2, -0.15) is 0 Å². The molecule has 0 aliphatic rings. The van der Waals surface area contributed by atoms with E-state index < -0.39 is 34.9 Å². The number of benzene rings is 1. The molecule has 1 unspecified atom stereocenters. The lowest BCUT2D eigenvalue weighted by atomic mass is 9.76. The summed E-state index contributed by atoms with van der Waals surface area (Å²) in [6, 6.07) is 4.04. The molecule has 2 amide bonds. The number of nitrogens with one attached hydrogen (secondary N) is 2. The molecule has 0 radical (unpaired) electrons. The van der Waals surface area contributed by atoms with Crippen LogP contribution in [0.2, 0.25) is 0 Å². The number of halogens is 1. The van der Waals surface area contributed by atoms with Gasteiger partial charge in [-0.3, -0.25) is 9.59 Å².